The van der Waals surface area contributed by atoms with Gasteiger partial charge in [-0.25, -0.2) is 23.5 Å². The van der Waals surface area contributed by atoms with Crippen molar-refractivity contribution in [2.75, 3.05) is 13.1 Å². The van der Waals surface area contributed by atoms with E-state index >= 15 is 0 Å². The third-order valence-electron chi connectivity index (χ3n) is 5.63. The minimum Gasteiger partial charge on any atom is -0.447 e. The van der Waals surface area contributed by atoms with E-state index in [-0.39, 0.29) is 35.6 Å². The van der Waals surface area contributed by atoms with Gasteiger partial charge in [0, 0.05) is 31.7 Å². The van der Waals surface area contributed by atoms with Gasteiger partial charge in [-0.15, -0.1) is 0 Å². The number of benzene rings is 1. The Balaban J connectivity index is 1.57. The first-order valence-corrected chi connectivity index (χ1v) is 10.5. The van der Waals surface area contributed by atoms with Crippen LogP contribution in [-0.2, 0) is 11.2 Å². The van der Waals surface area contributed by atoms with E-state index in [9.17, 15) is 13.6 Å². The van der Waals surface area contributed by atoms with Crippen molar-refractivity contribution in [3.8, 4) is 6.07 Å². The molecule has 1 aliphatic rings. The molecule has 3 aromatic rings. The quantitative estimate of drug-likeness (QED) is 0.603. The molecule has 0 N–H and O–H groups in total. The SMILES string of the molecule is CC(C)OC(=O)N1CCC(n2cc(F)c3c(Cc4ccc(C#N)cc4F)ncnc32)CC1. The van der Waals surface area contributed by atoms with Gasteiger partial charge in [0.05, 0.1) is 28.8 Å². The number of likely N-dealkylation sites (tertiary alicyclic amines) is 1. The summed E-state index contributed by atoms with van der Waals surface area (Å²) in [4.78, 5) is 22.3. The number of hydrogen-bond acceptors (Lipinski definition) is 5. The van der Waals surface area contributed by atoms with Gasteiger partial charge in [-0.2, -0.15) is 5.26 Å². The number of nitriles is 1. The molecule has 3 heterocycles. The van der Waals surface area contributed by atoms with Crippen LogP contribution in [0.2, 0.25) is 0 Å². The maximum absolute atomic E-state index is 15.0. The molecule has 166 valence electrons. The Bertz CT molecular complexity index is 1190. The van der Waals surface area contributed by atoms with Crippen molar-refractivity contribution < 1.29 is 18.3 Å². The van der Waals surface area contributed by atoms with Gasteiger partial charge in [-0.1, -0.05) is 6.07 Å². The average molecular weight is 439 g/mol. The third-order valence-corrected chi connectivity index (χ3v) is 5.63. The lowest BCUT2D eigenvalue weighted by molar-refractivity contribution is 0.0663. The molecular formula is C23H23F2N5O2. The number of piperidine rings is 1. The maximum atomic E-state index is 15.0. The van der Waals surface area contributed by atoms with Gasteiger partial charge < -0.3 is 14.2 Å². The van der Waals surface area contributed by atoms with Crippen LogP contribution >= 0.6 is 0 Å². The Morgan fingerprint density at radius 3 is 2.66 bits per heavy atom. The van der Waals surface area contributed by atoms with Crippen molar-refractivity contribution in [1.29, 1.82) is 5.26 Å². The van der Waals surface area contributed by atoms with E-state index in [0.717, 1.165) is 6.07 Å². The normalized spacial score (nSPS) is 14.7. The summed E-state index contributed by atoms with van der Waals surface area (Å²) in [6, 6.07) is 6.07. The summed E-state index contributed by atoms with van der Waals surface area (Å²) in [7, 11) is 0. The molecular weight excluding hydrogens is 416 g/mol. The average Bonchev–Trinajstić information content (AvgIpc) is 3.12. The van der Waals surface area contributed by atoms with Crippen molar-refractivity contribution in [2.45, 2.75) is 45.3 Å². The zero-order valence-electron chi connectivity index (χ0n) is 17.9. The number of carbonyl (C=O) groups is 1. The number of halogens is 2. The highest BCUT2D eigenvalue weighted by Crippen LogP contribution is 2.31. The molecule has 1 aromatic carbocycles. The van der Waals surface area contributed by atoms with Gasteiger partial charge in [-0.05, 0) is 44.4 Å². The number of nitrogens with zero attached hydrogens (tertiary/aromatic N) is 5. The summed E-state index contributed by atoms with van der Waals surface area (Å²) in [6.45, 7) is 4.62. The fraction of sp³-hybridized carbons (Fsp3) is 0.391. The Hall–Kier alpha value is -3.54. The molecule has 7 nitrogen and oxygen atoms in total. The predicted octanol–water partition coefficient (Wildman–Crippen LogP) is 4.35. The minimum absolute atomic E-state index is 0.0282. The summed E-state index contributed by atoms with van der Waals surface area (Å²) < 4.78 is 36.4. The van der Waals surface area contributed by atoms with Crippen LogP contribution in [0.3, 0.4) is 0 Å². The van der Waals surface area contributed by atoms with Crippen LogP contribution in [0.25, 0.3) is 11.0 Å². The summed E-state index contributed by atoms with van der Waals surface area (Å²) in [5.74, 6) is -0.998. The van der Waals surface area contributed by atoms with Gasteiger partial charge in [-0.3, -0.25) is 0 Å². The van der Waals surface area contributed by atoms with Gasteiger partial charge in [0.25, 0.3) is 0 Å². The van der Waals surface area contributed by atoms with Gasteiger partial charge in [0.1, 0.15) is 17.8 Å². The molecule has 1 aliphatic heterocycles. The zero-order valence-corrected chi connectivity index (χ0v) is 17.9. The summed E-state index contributed by atoms with van der Waals surface area (Å²) in [6.07, 6.45) is 3.60. The number of fused-ring (bicyclic) bond motifs is 1. The first kappa shape index (κ1) is 21.7. The molecule has 9 heteroatoms. The molecule has 4 rings (SSSR count). The first-order valence-electron chi connectivity index (χ1n) is 10.5. The largest absolute Gasteiger partial charge is 0.447 e. The number of rotatable bonds is 4. The first-order chi connectivity index (χ1) is 15.4. The number of hydrogen-bond donors (Lipinski definition) is 0. The second-order valence-corrected chi connectivity index (χ2v) is 8.15. The second kappa shape index (κ2) is 8.91. The lowest BCUT2D eigenvalue weighted by Gasteiger charge is -2.32. The predicted molar refractivity (Wildman–Crippen MR) is 113 cm³/mol. The van der Waals surface area contributed by atoms with E-state index in [1.807, 2.05) is 6.07 Å². The van der Waals surface area contributed by atoms with E-state index in [0.29, 0.717) is 42.8 Å². The van der Waals surface area contributed by atoms with Crippen molar-refractivity contribution >= 4 is 17.1 Å². The van der Waals surface area contributed by atoms with Crippen LogP contribution < -0.4 is 0 Å². The van der Waals surface area contributed by atoms with Crippen molar-refractivity contribution in [1.82, 2.24) is 19.4 Å². The molecule has 0 bridgehead atoms. The van der Waals surface area contributed by atoms with Crippen LogP contribution in [0, 0.1) is 23.0 Å². The van der Waals surface area contributed by atoms with Crippen molar-refractivity contribution in [2.24, 2.45) is 0 Å². The third kappa shape index (κ3) is 4.26. The number of amides is 1. The van der Waals surface area contributed by atoms with Crippen LogP contribution in [0.5, 0.6) is 0 Å². The molecule has 1 amide bonds. The highest BCUT2D eigenvalue weighted by Gasteiger charge is 2.27. The molecule has 32 heavy (non-hydrogen) atoms. The summed E-state index contributed by atoms with van der Waals surface area (Å²) >= 11 is 0. The van der Waals surface area contributed by atoms with Crippen molar-refractivity contribution in [3.05, 3.63) is 59.2 Å². The summed E-state index contributed by atoms with van der Waals surface area (Å²) in [5, 5.41) is 9.18. The van der Waals surface area contributed by atoms with Crippen molar-refractivity contribution in [3.63, 3.8) is 0 Å². The Labute approximate surface area is 184 Å². The maximum Gasteiger partial charge on any atom is 0.410 e. The Morgan fingerprint density at radius 1 is 1.25 bits per heavy atom. The van der Waals surface area contributed by atoms with E-state index < -0.39 is 11.6 Å². The number of carbonyl (C=O) groups excluding carboxylic acids is 1. The Morgan fingerprint density at radius 2 is 2.00 bits per heavy atom. The van der Waals surface area contributed by atoms with Crippen LogP contribution in [0.1, 0.15) is 49.6 Å². The minimum atomic E-state index is -0.531. The molecule has 2 aromatic heterocycles. The monoisotopic (exact) mass is 439 g/mol. The second-order valence-electron chi connectivity index (χ2n) is 8.15. The van der Waals surface area contributed by atoms with Gasteiger partial charge in [0.2, 0.25) is 0 Å². The molecule has 0 saturated carbocycles. The highest BCUT2D eigenvalue weighted by molar-refractivity contribution is 5.80. The molecule has 0 spiro atoms. The van der Waals surface area contributed by atoms with E-state index in [1.165, 1.54) is 24.7 Å². The summed E-state index contributed by atoms with van der Waals surface area (Å²) in [5.41, 5.74) is 1.38. The fourth-order valence-electron chi connectivity index (χ4n) is 4.06. The van der Waals surface area contributed by atoms with Crippen LogP contribution in [0.15, 0.2) is 30.7 Å². The lowest BCUT2D eigenvalue weighted by Crippen LogP contribution is -2.40. The van der Waals surface area contributed by atoms with Crippen LogP contribution in [-0.4, -0.2) is 44.7 Å². The standard InChI is InChI=1S/C23H23F2N5O2/c1-14(2)32-23(31)29-7-5-17(6-8-29)30-12-19(25)21-20(27-13-28-22(21)30)10-16-4-3-15(11-26)9-18(16)24/h3-4,9,12-14,17H,5-8,10H2,1-2H3. The Kier molecular flexibility index (Phi) is 6.04. The zero-order chi connectivity index (χ0) is 22.8. The van der Waals surface area contributed by atoms with E-state index in [2.05, 4.69) is 9.97 Å². The molecule has 0 atom stereocenters. The smallest absolute Gasteiger partial charge is 0.410 e. The molecule has 0 aliphatic carbocycles. The molecule has 0 unspecified atom stereocenters. The topological polar surface area (TPSA) is 84.0 Å². The van der Waals surface area contributed by atoms with Gasteiger partial charge >= 0.3 is 6.09 Å². The van der Waals surface area contributed by atoms with E-state index in [1.54, 1.807) is 23.3 Å². The van der Waals surface area contributed by atoms with Crippen LogP contribution in [0.4, 0.5) is 13.6 Å². The lowest BCUT2D eigenvalue weighted by atomic mass is 10.0. The molecule has 1 fully saturated rings. The molecule has 1 saturated heterocycles. The van der Waals surface area contributed by atoms with E-state index in [4.69, 9.17) is 10.00 Å². The fourth-order valence-corrected chi connectivity index (χ4v) is 4.06. The van der Waals surface area contributed by atoms with Gasteiger partial charge in [0.15, 0.2) is 5.82 Å². The highest BCUT2D eigenvalue weighted by atomic mass is 19.1. The number of ether oxygens (including phenoxy) is 1. The number of aromatic nitrogens is 3. The molecule has 0 radical (unpaired) electrons.